The second-order valence-corrected chi connectivity index (χ2v) is 10.9. The maximum absolute atomic E-state index is 13.8. The van der Waals surface area contributed by atoms with Gasteiger partial charge >= 0.3 is 0 Å². The maximum atomic E-state index is 13.8. The molecule has 0 spiro atoms. The summed E-state index contributed by atoms with van der Waals surface area (Å²) in [5, 5.41) is 10.7. The number of hydrogen-bond acceptors (Lipinski definition) is 6. The number of hydrogen-bond donors (Lipinski definition) is 0. The molecule has 0 radical (unpaired) electrons. The Morgan fingerprint density at radius 1 is 0.953 bits per heavy atom. The van der Waals surface area contributed by atoms with Crippen molar-refractivity contribution in [2.24, 2.45) is 0 Å². The quantitative estimate of drug-likeness (QED) is 0.0721. The van der Waals surface area contributed by atoms with Crippen LogP contribution in [0.3, 0.4) is 0 Å². The minimum Gasteiger partial charge on any atom is -0.456 e. The Morgan fingerprint density at radius 3 is 2.42 bits per heavy atom. The summed E-state index contributed by atoms with van der Waals surface area (Å²) in [7, 11) is 1.62. The summed E-state index contributed by atoms with van der Waals surface area (Å²) < 4.78 is 19.8. The molecule has 1 aliphatic carbocycles. The summed E-state index contributed by atoms with van der Waals surface area (Å²) in [4.78, 5) is 17.8. The van der Waals surface area contributed by atoms with E-state index in [1.165, 1.54) is 0 Å². The topological polar surface area (TPSA) is 82.0 Å². The van der Waals surface area contributed by atoms with E-state index >= 15 is 0 Å². The normalized spacial score (nSPS) is 11.3. The molecule has 226 valence electrons. The van der Waals surface area contributed by atoms with Gasteiger partial charge in [-0.2, -0.15) is 5.26 Å². The zero-order valence-electron chi connectivity index (χ0n) is 25.9. The highest BCUT2D eigenvalue weighted by atomic mass is 31.1. The Labute approximate surface area is 256 Å². The molecule has 0 aromatic heterocycles. The summed E-state index contributed by atoms with van der Waals surface area (Å²) in [5.41, 5.74) is 5.30. The van der Waals surface area contributed by atoms with Gasteiger partial charge in [-0.05, 0) is 57.5 Å². The highest BCUT2D eigenvalue weighted by Crippen LogP contribution is 2.42. The molecule has 1 atom stereocenters. The molecule has 2 aromatic rings. The van der Waals surface area contributed by atoms with Crippen molar-refractivity contribution in [3.8, 4) is 28.5 Å². The number of rotatable bonds is 14. The molecule has 2 aliphatic rings. The number of nitriles is 1. The minimum atomic E-state index is -0.159. The Kier molecular flexibility index (Phi) is 11.7. The minimum absolute atomic E-state index is 0.0884. The summed E-state index contributed by atoms with van der Waals surface area (Å²) >= 11 is 0. The zero-order valence-corrected chi connectivity index (χ0v) is 26.9. The maximum Gasteiger partial charge on any atom is 0.254 e. The fourth-order valence-corrected chi connectivity index (χ4v) is 5.77. The molecule has 8 nitrogen and oxygen atoms in total. The number of fused-ring (bicyclic) bond motifs is 2. The highest BCUT2D eigenvalue weighted by molar-refractivity contribution is 7.26. The molecule has 1 unspecified atom stereocenters. The molecule has 9 heteroatoms. The molecular formula is C34H42N4O4P+. The summed E-state index contributed by atoms with van der Waals surface area (Å²) in [6, 6.07) is 22.6. The van der Waals surface area contributed by atoms with E-state index in [2.05, 4.69) is 73.6 Å². The first-order valence-corrected chi connectivity index (χ1v) is 15.8. The first-order valence-electron chi connectivity index (χ1n) is 15.0. The number of carbonyl (C=O) groups excluding carboxylic acids is 1. The van der Waals surface area contributed by atoms with Crippen LogP contribution in [0.15, 0.2) is 65.1 Å². The smallest absolute Gasteiger partial charge is 0.254 e. The number of amides is 1. The highest BCUT2D eigenvalue weighted by Gasteiger charge is 2.24. The summed E-state index contributed by atoms with van der Waals surface area (Å²) in [6.45, 7) is 13.3. The number of nitrogens with zero attached hydrogens (tertiary/aromatic N) is 4. The SMILES string of the molecule is CCN(CC)c1ccc2c(-c3ccccc3C(=O)N(C)CCOPOCCC#N)c3ccc(=[N+](CC)CC)cc-3oc2c1. The molecule has 0 bridgehead atoms. The van der Waals surface area contributed by atoms with Crippen LogP contribution >= 0.6 is 9.03 Å². The number of likely N-dealkylation sites (N-methyl/N-ethyl adjacent to an activating group) is 1. The van der Waals surface area contributed by atoms with Crippen molar-refractivity contribution in [3.63, 3.8) is 0 Å². The van der Waals surface area contributed by atoms with Gasteiger partial charge in [0.15, 0.2) is 9.03 Å². The van der Waals surface area contributed by atoms with Gasteiger partial charge in [-0.1, -0.05) is 18.2 Å². The van der Waals surface area contributed by atoms with Crippen LogP contribution in [-0.2, 0) is 9.05 Å². The van der Waals surface area contributed by atoms with E-state index in [0.717, 1.165) is 70.6 Å². The molecule has 0 fully saturated rings. The first-order chi connectivity index (χ1) is 21.0. The van der Waals surface area contributed by atoms with Crippen molar-refractivity contribution in [1.82, 2.24) is 9.48 Å². The van der Waals surface area contributed by atoms with E-state index in [9.17, 15) is 4.79 Å². The van der Waals surface area contributed by atoms with Crippen molar-refractivity contribution >= 4 is 31.6 Å². The molecule has 0 saturated heterocycles. The van der Waals surface area contributed by atoms with E-state index < -0.39 is 0 Å². The molecule has 0 N–H and O–H groups in total. The standard InChI is InChI=1S/C34H42N4O4P/c1-6-37(7-2)25-15-17-29-31(23-25)42-32-24-26(38(8-3)9-4)16-18-30(32)33(29)27-13-10-11-14-28(27)34(39)36(5)20-22-41-43-40-21-12-19-35/h10-11,13-18,23-24,43H,6-9,12,20-22H2,1-5H3/q+1. The fourth-order valence-electron chi connectivity index (χ4n) is 5.33. The second-order valence-electron chi connectivity index (χ2n) is 10.1. The number of anilines is 1. The van der Waals surface area contributed by atoms with Gasteiger partial charge in [0.1, 0.15) is 24.4 Å². The lowest BCUT2D eigenvalue weighted by Gasteiger charge is -2.23. The lowest BCUT2D eigenvalue weighted by Crippen LogP contribution is -2.30. The van der Waals surface area contributed by atoms with Gasteiger partial charge in [0.25, 0.3) is 5.91 Å². The van der Waals surface area contributed by atoms with Crippen molar-refractivity contribution in [1.29, 1.82) is 5.26 Å². The van der Waals surface area contributed by atoms with Crippen molar-refractivity contribution in [2.45, 2.75) is 34.1 Å². The Balaban J connectivity index is 1.81. The van der Waals surface area contributed by atoms with Crippen molar-refractivity contribution in [3.05, 3.63) is 71.6 Å². The fraction of sp³-hybridized carbons (Fsp3) is 0.382. The first kappa shape index (κ1) is 32.2. The van der Waals surface area contributed by atoms with Crippen LogP contribution in [0.2, 0.25) is 0 Å². The van der Waals surface area contributed by atoms with Gasteiger partial charge in [0.05, 0.1) is 31.8 Å². The lowest BCUT2D eigenvalue weighted by molar-refractivity contribution is 0.0774. The lowest BCUT2D eigenvalue weighted by atomic mass is 9.90. The molecule has 2 aromatic carbocycles. The summed E-state index contributed by atoms with van der Waals surface area (Å²) in [6.07, 6.45) is 0.329. The Hall–Kier alpha value is -3.76. The van der Waals surface area contributed by atoms with E-state index in [-0.39, 0.29) is 14.9 Å². The van der Waals surface area contributed by atoms with Crippen LogP contribution < -0.4 is 14.8 Å². The van der Waals surface area contributed by atoms with Crippen LogP contribution in [0.25, 0.3) is 33.4 Å². The monoisotopic (exact) mass is 601 g/mol. The number of benzene rings is 3. The largest absolute Gasteiger partial charge is 0.456 e. The molecule has 1 heterocycles. The van der Waals surface area contributed by atoms with Gasteiger partial charge in [0, 0.05) is 66.6 Å². The predicted octanol–water partition coefficient (Wildman–Crippen LogP) is 6.39. The molecule has 0 saturated carbocycles. The van der Waals surface area contributed by atoms with Crippen LogP contribution in [0, 0.1) is 11.3 Å². The molecular weight excluding hydrogens is 559 g/mol. The Bertz CT molecular complexity index is 1620. The zero-order chi connectivity index (χ0) is 30.8. The second kappa shape index (κ2) is 15.6. The van der Waals surface area contributed by atoms with E-state index in [4.69, 9.17) is 18.7 Å². The van der Waals surface area contributed by atoms with Crippen LogP contribution in [-0.4, -0.2) is 63.8 Å². The van der Waals surface area contributed by atoms with Crippen LogP contribution in [0.1, 0.15) is 44.5 Å². The van der Waals surface area contributed by atoms with Crippen molar-refractivity contribution in [2.75, 3.05) is 57.9 Å². The Morgan fingerprint density at radius 2 is 1.70 bits per heavy atom. The van der Waals surface area contributed by atoms with E-state index in [0.29, 0.717) is 31.7 Å². The van der Waals surface area contributed by atoms with E-state index in [1.54, 1.807) is 11.9 Å². The van der Waals surface area contributed by atoms with Gasteiger partial charge < -0.3 is 23.3 Å². The third kappa shape index (κ3) is 7.43. The molecule has 43 heavy (non-hydrogen) atoms. The van der Waals surface area contributed by atoms with Gasteiger partial charge in [0.2, 0.25) is 5.36 Å². The summed E-state index contributed by atoms with van der Waals surface area (Å²) in [5.74, 6) is 0.694. The molecule has 1 aliphatic heterocycles. The molecule has 1 amide bonds. The predicted molar refractivity (Wildman–Crippen MR) is 176 cm³/mol. The van der Waals surface area contributed by atoms with Gasteiger partial charge in [-0.15, -0.1) is 0 Å². The molecule has 4 rings (SSSR count). The number of carbonyl (C=O) groups is 1. The average molecular weight is 602 g/mol. The third-order valence-corrected chi connectivity index (χ3v) is 8.33. The third-order valence-electron chi connectivity index (χ3n) is 7.68. The van der Waals surface area contributed by atoms with Gasteiger partial charge in [-0.25, -0.2) is 4.58 Å². The van der Waals surface area contributed by atoms with Gasteiger partial charge in [-0.3, -0.25) is 4.79 Å². The van der Waals surface area contributed by atoms with Crippen molar-refractivity contribution < 1.29 is 18.3 Å². The van der Waals surface area contributed by atoms with Crippen LogP contribution in [0.4, 0.5) is 5.69 Å². The average Bonchev–Trinajstić information content (AvgIpc) is 3.03. The van der Waals surface area contributed by atoms with Crippen LogP contribution in [0.5, 0.6) is 0 Å². The van der Waals surface area contributed by atoms with E-state index in [1.807, 2.05) is 30.3 Å².